The molecule has 5 nitrogen and oxygen atoms in total. The molecule has 0 spiro atoms. The number of rotatable bonds is 7. The first kappa shape index (κ1) is 15.0. The first-order chi connectivity index (χ1) is 9.65. The summed E-state index contributed by atoms with van der Waals surface area (Å²) in [5.74, 6) is 0.969. The molecule has 1 aromatic carbocycles. The van der Waals surface area contributed by atoms with Crippen molar-refractivity contribution in [3.05, 3.63) is 29.3 Å². The molecule has 0 fully saturated rings. The number of ether oxygens (including phenoxy) is 3. The first-order valence-corrected chi connectivity index (χ1v) is 6.73. The molecule has 0 N–H and O–H groups in total. The minimum atomic E-state index is 0.0571. The Morgan fingerprint density at radius 1 is 1.45 bits per heavy atom. The molecule has 0 unspecified atom stereocenters. The molecule has 0 radical (unpaired) electrons. The summed E-state index contributed by atoms with van der Waals surface area (Å²) in [6.07, 6.45) is 0. The Labute approximate surface area is 119 Å². The molecule has 0 aromatic heterocycles. The summed E-state index contributed by atoms with van der Waals surface area (Å²) in [5.41, 5.74) is 2.28. The van der Waals surface area contributed by atoms with Crippen LogP contribution < -0.4 is 4.74 Å². The van der Waals surface area contributed by atoms with Crippen LogP contribution in [0.3, 0.4) is 0 Å². The van der Waals surface area contributed by atoms with E-state index in [1.807, 2.05) is 13.1 Å². The lowest BCUT2D eigenvalue weighted by molar-refractivity contribution is -0.121. The number of benzene rings is 1. The monoisotopic (exact) mass is 279 g/mol. The highest BCUT2D eigenvalue weighted by molar-refractivity contribution is 5.76. The molecule has 0 saturated carbocycles. The topological polar surface area (TPSA) is 48.0 Å². The van der Waals surface area contributed by atoms with Gasteiger partial charge in [0.15, 0.2) is 12.6 Å². The van der Waals surface area contributed by atoms with Gasteiger partial charge in [-0.2, -0.15) is 0 Å². The normalized spacial score (nSPS) is 13.9. The van der Waals surface area contributed by atoms with Crippen LogP contribution in [0.15, 0.2) is 18.2 Å². The van der Waals surface area contributed by atoms with E-state index in [4.69, 9.17) is 14.2 Å². The zero-order valence-corrected chi connectivity index (χ0v) is 12.1. The summed E-state index contributed by atoms with van der Waals surface area (Å²) in [6, 6.07) is 6.19. The fourth-order valence-electron chi connectivity index (χ4n) is 2.03. The van der Waals surface area contributed by atoms with Crippen molar-refractivity contribution in [2.45, 2.75) is 20.1 Å². The van der Waals surface area contributed by atoms with Gasteiger partial charge < -0.3 is 14.2 Å². The lowest BCUT2D eigenvalue weighted by Gasteiger charge is -2.20. The van der Waals surface area contributed by atoms with E-state index in [2.05, 4.69) is 17.0 Å². The Balaban J connectivity index is 1.79. The van der Waals surface area contributed by atoms with Crippen molar-refractivity contribution >= 4 is 5.78 Å². The predicted molar refractivity (Wildman–Crippen MR) is 74.6 cm³/mol. The molecule has 0 amide bonds. The minimum Gasteiger partial charge on any atom is -0.467 e. The molecular weight excluding hydrogens is 258 g/mol. The summed E-state index contributed by atoms with van der Waals surface area (Å²) in [7, 11) is 2.03. The zero-order chi connectivity index (χ0) is 14.4. The molecule has 0 atom stereocenters. The summed E-state index contributed by atoms with van der Waals surface area (Å²) >= 11 is 0. The van der Waals surface area contributed by atoms with Gasteiger partial charge >= 0.3 is 0 Å². The van der Waals surface area contributed by atoms with Crippen LogP contribution in [0.5, 0.6) is 5.75 Å². The van der Waals surface area contributed by atoms with E-state index < -0.39 is 0 Å². The molecule has 0 saturated heterocycles. The van der Waals surface area contributed by atoms with Gasteiger partial charge in [0.05, 0.1) is 13.2 Å². The van der Waals surface area contributed by atoms with E-state index in [1.165, 1.54) is 12.5 Å². The third-order valence-electron chi connectivity index (χ3n) is 3.06. The van der Waals surface area contributed by atoms with Crippen molar-refractivity contribution in [1.82, 2.24) is 4.90 Å². The number of hydrogen-bond acceptors (Lipinski definition) is 5. The van der Waals surface area contributed by atoms with Gasteiger partial charge in [-0.05, 0) is 25.6 Å². The summed E-state index contributed by atoms with van der Waals surface area (Å²) in [5, 5.41) is 0. The van der Waals surface area contributed by atoms with Crippen molar-refractivity contribution < 1.29 is 19.0 Å². The highest BCUT2D eigenvalue weighted by Gasteiger charge is 2.11. The van der Waals surface area contributed by atoms with Crippen molar-refractivity contribution in [3.63, 3.8) is 0 Å². The lowest BCUT2D eigenvalue weighted by atomic mass is 10.1. The number of fused-ring (bicyclic) bond motifs is 1. The number of carbonyl (C=O) groups is 1. The summed E-state index contributed by atoms with van der Waals surface area (Å²) in [6.45, 7) is 4.83. The molecule has 1 aromatic rings. The number of ketones is 1. The molecule has 20 heavy (non-hydrogen) atoms. The Morgan fingerprint density at radius 3 is 3.10 bits per heavy atom. The van der Waals surface area contributed by atoms with Crippen LogP contribution >= 0.6 is 0 Å². The highest BCUT2D eigenvalue weighted by Crippen LogP contribution is 2.25. The van der Waals surface area contributed by atoms with E-state index in [-0.39, 0.29) is 12.4 Å². The predicted octanol–water partition coefficient (Wildman–Crippen LogP) is 1.59. The molecule has 0 bridgehead atoms. The SMILES string of the molecule is CC(=O)COCCN(C)Cc1ccc2c(c1)OCOC2. The largest absolute Gasteiger partial charge is 0.467 e. The maximum Gasteiger partial charge on any atom is 0.189 e. The molecular formula is C15H21NO4. The van der Waals surface area contributed by atoms with Crippen molar-refractivity contribution in [2.24, 2.45) is 0 Å². The van der Waals surface area contributed by atoms with Crippen molar-refractivity contribution in [3.8, 4) is 5.75 Å². The Morgan fingerprint density at radius 2 is 2.30 bits per heavy atom. The van der Waals surface area contributed by atoms with Crippen LogP contribution in [0, 0.1) is 0 Å². The number of nitrogens with zero attached hydrogens (tertiary/aromatic N) is 1. The zero-order valence-electron chi connectivity index (χ0n) is 12.1. The van der Waals surface area contributed by atoms with Crippen molar-refractivity contribution in [2.75, 3.05) is 33.6 Å². The smallest absolute Gasteiger partial charge is 0.189 e. The van der Waals surface area contributed by atoms with Crippen LogP contribution in [-0.2, 0) is 27.4 Å². The van der Waals surface area contributed by atoms with E-state index in [1.54, 1.807) is 0 Å². The van der Waals surface area contributed by atoms with E-state index in [0.29, 0.717) is 20.0 Å². The second-order valence-electron chi connectivity index (χ2n) is 5.05. The van der Waals surface area contributed by atoms with E-state index in [9.17, 15) is 4.79 Å². The van der Waals surface area contributed by atoms with Gasteiger partial charge in [-0.3, -0.25) is 9.69 Å². The molecule has 1 heterocycles. The Hall–Kier alpha value is -1.43. The Kier molecular flexibility index (Phi) is 5.52. The van der Waals surface area contributed by atoms with Crippen LogP contribution in [0.25, 0.3) is 0 Å². The number of hydrogen-bond donors (Lipinski definition) is 0. The standard InChI is InChI=1S/C15H21NO4/c1-12(17)9-18-6-5-16(2)8-13-3-4-14-10-19-11-20-15(14)7-13/h3-4,7H,5-6,8-11H2,1-2H3. The average Bonchev–Trinajstić information content (AvgIpc) is 2.43. The van der Waals surface area contributed by atoms with E-state index >= 15 is 0 Å². The van der Waals surface area contributed by atoms with Gasteiger partial charge in [0.1, 0.15) is 12.4 Å². The molecule has 0 aliphatic carbocycles. The van der Waals surface area contributed by atoms with Crippen LogP contribution in [0.4, 0.5) is 0 Å². The van der Waals surface area contributed by atoms with Crippen LogP contribution in [-0.4, -0.2) is 44.3 Å². The summed E-state index contributed by atoms with van der Waals surface area (Å²) < 4.78 is 16.0. The molecule has 110 valence electrons. The molecule has 1 aliphatic rings. The molecule has 5 heteroatoms. The first-order valence-electron chi connectivity index (χ1n) is 6.73. The quantitative estimate of drug-likeness (QED) is 0.709. The second kappa shape index (κ2) is 7.38. The van der Waals surface area contributed by atoms with Gasteiger partial charge in [0.2, 0.25) is 0 Å². The van der Waals surface area contributed by atoms with Gasteiger partial charge in [-0.15, -0.1) is 0 Å². The lowest BCUT2D eigenvalue weighted by Crippen LogP contribution is -2.23. The fourth-order valence-corrected chi connectivity index (χ4v) is 2.03. The van der Waals surface area contributed by atoms with Gasteiger partial charge in [-0.25, -0.2) is 0 Å². The van der Waals surface area contributed by atoms with Crippen molar-refractivity contribution in [1.29, 1.82) is 0 Å². The highest BCUT2D eigenvalue weighted by atomic mass is 16.7. The Bertz CT molecular complexity index is 461. The molecule has 1 aliphatic heterocycles. The number of likely N-dealkylation sites (N-methyl/N-ethyl adjacent to an activating group) is 1. The van der Waals surface area contributed by atoms with Crippen LogP contribution in [0.2, 0.25) is 0 Å². The fraction of sp³-hybridized carbons (Fsp3) is 0.533. The second-order valence-corrected chi connectivity index (χ2v) is 5.05. The van der Waals surface area contributed by atoms with Crippen LogP contribution in [0.1, 0.15) is 18.1 Å². The minimum absolute atomic E-state index is 0.0571. The number of Topliss-reactive ketones (excluding diaryl/α,β-unsaturated/α-hetero) is 1. The number of carbonyl (C=O) groups excluding carboxylic acids is 1. The average molecular weight is 279 g/mol. The third-order valence-corrected chi connectivity index (χ3v) is 3.06. The summed E-state index contributed by atoms with van der Waals surface area (Å²) in [4.78, 5) is 12.9. The van der Waals surface area contributed by atoms with E-state index in [0.717, 1.165) is 24.4 Å². The van der Waals surface area contributed by atoms with Gasteiger partial charge in [-0.1, -0.05) is 12.1 Å². The van der Waals surface area contributed by atoms with Gasteiger partial charge in [0, 0.05) is 18.7 Å². The maximum absolute atomic E-state index is 10.8. The molecule has 2 rings (SSSR count). The third kappa shape index (κ3) is 4.59. The maximum atomic E-state index is 10.8. The van der Waals surface area contributed by atoms with Gasteiger partial charge in [0.25, 0.3) is 0 Å².